The molecule has 1 unspecified atom stereocenters. The molecule has 5 heteroatoms. The van der Waals surface area contributed by atoms with Crippen molar-refractivity contribution in [2.75, 3.05) is 26.3 Å². The van der Waals surface area contributed by atoms with E-state index in [0.29, 0.717) is 13.2 Å². The van der Waals surface area contributed by atoms with Crippen molar-refractivity contribution in [2.24, 2.45) is 5.92 Å². The molecule has 0 aromatic rings. The van der Waals surface area contributed by atoms with Gasteiger partial charge >= 0.3 is 6.09 Å². The summed E-state index contributed by atoms with van der Waals surface area (Å²) < 4.78 is 10.5. The fraction of sp³-hybridized carbons (Fsp3) is 0.692. The molecule has 5 nitrogen and oxygen atoms in total. The van der Waals surface area contributed by atoms with Gasteiger partial charge in [-0.25, -0.2) is 4.79 Å². The van der Waals surface area contributed by atoms with E-state index in [1.165, 1.54) is 4.90 Å². The van der Waals surface area contributed by atoms with Gasteiger partial charge in [0.05, 0.1) is 19.1 Å². The van der Waals surface area contributed by atoms with Crippen LogP contribution in [-0.2, 0) is 14.3 Å². The average molecular weight is 253 g/mol. The van der Waals surface area contributed by atoms with Crippen LogP contribution in [0.3, 0.4) is 0 Å². The normalized spacial score (nSPS) is 20.8. The van der Waals surface area contributed by atoms with Crippen LogP contribution in [0.4, 0.5) is 4.79 Å². The second-order valence-electron chi connectivity index (χ2n) is 5.21. The number of carbonyl (C=O) groups excluding carboxylic acids is 2. The number of Topliss-reactive ketones (excluding diaryl/α,β-unsaturated/α-hetero) is 1. The predicted octanol–water partition coefficient (Wildman–Crippen LogP) is 1.07. The van der Waals surface area contributed by atoms with Crippen LogP contribution in [0.1, 0.15) is 20.8 Å². The highest BCUT2D eigenvalue weighted by molar-refractivity contribution is 5.97. The first kappa shape index (κ1) is 14.5. The van der Waals surface area contributed by atoms with Crippen molar-refractivity contribution in [3.63, 3.8) is 0 Å². The van der Waals surface area contributed by atoms with Crippen molar-refractivity contribution in [1.82, 2.24) is 4.90 Å². The van der Waals surface area contributed by atoms with Gasteiger partial charge < -0.3 is 14.4 Å². The summed E-state index contributed by atoms with van der Waals surface area (Å²) in [7, 11) is 0. The molecule has 1 aliphatic rings. The maximum Gasteiger partial charge on any atom is 0.410 e. The summed E-state index contributed by atoms with van der Waals surface area (Å²) in [6, 6.07) is 0. The topological polar surface area (TPSA) is 55.8 Å². The first-order valence-corrected chi connectivity index (χ1v) is 5.89. The third kappa shape index (κ3) is 4.38. The Morgan fingerprint density at radius 3 is 2.67 bits per heavy atom. The molecule has 0 N–H and O–H groups in total. The highest BCUT2D eigenvalue weighted by Gasteiger charge is 2.29. The van der Waals surface area contributed by atoms with E-state index in [9.17, 15) is 9.59 Å². The number of ketones is 1. The van der Waals surface area contributed by atoms with Gasteiger partial charge in [-0.2, -0.15) is 0 Å². The van der Waals surface area contributed by atoms with E-state index in [4.69, 9.17) is 15.9 Å². The molecule has 1 atom stereocenters. The van der Waals surface area contributed by atoms with Crippen LogP contribution in [0.5, 0.6) is 0 Å². The molecule has 100 valence electrons. The molecule has 0 saturated carbocycles. The summed E-state index contributed by atoms with van der Waals surface area (Å²) in [6.07, 6.45) is 4.65. The molecule has 18 heavy (non-hydrogen) atoms. The molecular formula is C13H19NO4. The lowest BCUT2D eigenvalue weighted by atomic mass is 10.1. The monoisotopic (exact) mass is 253 g/mol. The molecule has 1 amide bonds. The van der Waals surface area contributed by atoms with Gasteiger partial charge in [0.15, 0.2) is 0 Å². The van der Waals surface area contributed by atoms with Crippen LogP contribution < -0.4 is 0 Å². The van der Waals surface area contributed by atoms with Crippen molar-refractivity contribution < 1.29 is 19.1 Å². The largest absolute Gasteiger partial charge is 0.444 e. The van der Waals surface area contributed by atoms with Gasteiger partial charge in [-0.1, -0.05) is 0 Å². The fourth-order valence-electron chi connectivity index (χ4n) is 1.58. The number of rotatable bonds is 1. The van der Waals surface area contributed by atoms with Gasteiger partial charge in [0.25, 0.3) is 0 Å². The lowest BCUT2D eigenvalue weighted by Crippen LogP contribution is -2.41. The number of nitrogens with zero attached hydrogens (tertiary/aromatic N) is 1. The number of hydrogen-bond acceptors (Lipinski definition) is 4. The molecule has 1 saturated heterocycles. The van der Waals surface area contributed by atoms with Crippen molar-refractivity contribution in [3.8, 4) is 12.3 Å². The van der Waals surface area contributed by atoms with Crippen LogP contribution in [-0.4, -0.2) is 48.7 Å². The van der Waals surface area contributed by atoms with Crippen LogP contribution in [0.15, 0.2) is 0 Å². The second kappa shape index (κ2) is 5.87. The Morgan fingerprint density at radius 1 is 1.44 bits per heavy atom. The molecule has 0 aromatic carbocycles. The Balaban J connectivity index is 2.67. The molecule has 1 aliphatic heterocycles. The van der Waals surface area contributed by atoms with E-state index in [2.05, 4.69) is 5.92 Å². The van der Waals surface area contributed by atoms with Gasteiger partial charge in [-0.05, 0) is 26.7 Å². The number of hydrogen-bond donors (Lipinski definition) is 0. The Hall–Kier alpha value is -1.54. The summed E-state index contributed by atoms with van der Waals surface area (Å²) >= 11 is 0. The van der Waals surface area contributed by atoms with Crippen LogP contribution in [0, 0.1) is 18.3 Å². The van der Waals surface area contributed by atoms with E-state index >= 15 is 0 Å². The zero-order valence-corrected chi connectivity index (χ0v) is 11.1. The fourth-order valence-corrected chi connectivity index (χ4v) is 1.58. The Labute approximate surface area is 107 Å². The molecule has 1 fully saturated rings. The summed E-state index contributed by atoms with van der Waals surface area (Å²) in [5, 5.41) is 0. The maximum atomic E-state index is 11.9. The van der Waals surface area contributed by atoms with Gasteiger partial charge in [0, 0.05) is 13.1 Å². The highest BCUT2D eigenvalue weighted by Crippen LogP contribution is 2.14. The Kier molecular flexibility index (Phi) is 4.74. The quantitative estimate of drug-likeness (QED) is 0.518. The Morgan fingerprint density at radius 2 is 2.11 bits per heavy atom. The molecule has 0 bridgehead atoms. The van der Waals surface area contributed by atoms with Crippen LogP contribution in [0.2, 0.25) is 0 Å². The zero-order chi connectivity index (χ0) is 13.8. The zero-order valence-electron chi connectivity index (χ0n) is 11.1. The third-order valence-electron chi connectivity index (χ3n) is 2.43. The lowest BCUT2D eigenvalue weighted by molar-refractivity contribution is -0.118. The Bertz CT molecular complexity index is 364. The summed E-state index contributed by atoms with van der Waals surface area (Å²) in [5.41, 5.74) is -0.560. The molecule has 1 heterocycles. The minimum atomic E-state index is -0.560. The van der Waals surface area contributed by atoms with Crippen molar-refractivity contribution in [3.05, 3.63) is 0 Å². The smallest absolute Gasteiger partial charge is 0.410 e. The summed E-state index contributed by atoms with van der Waals surface area (Å²) in [5.74, 6) is 1.26. The van der Waals surface area contributed by atoms with Gasteiger partial charge in [-0.15, -0.1) is 6.42 Å². The van der Waals surface area contributed by atoms with E-state index < -0.39 is 17.6 Å². The van der Waals surface area contributed by atoms with Gasteiger partial charge in [0.1, 0.15) is 5.60 Å². The molecule has 0 spiro atoms. The molecule has 0 radical (unpaired) electrons. The van der Waals surface area contributed by atoms with Gasteiger partial charge in [0.2, 0.25) is 5.78 Å². The van der Waals surface area contributed by atoms with E-state index in [1.54, 1.807) is 20.8 Å². The maximum absolute atomic E-state index is 11.9. The molecular weight excluding hydrogens is 234 g/mol. The highest BCUT2D eigenvalue weighted by atomic mass is 16.6. The van der Waals surface area contributed by atoms with E-state index in [-0.39, 0.29) is 18.9 Å². The number of terminal acetylenes is 1. The van der Waals surface area contributed by atoms with Crippen LogP contribution >= 0.6 is 0 Å². The van der Waals surface area contributed by atoms with Crippen molar-refractivity contribution in [1.29, 1.82) is 0 Å². The van der Waals surface area contributed by atoms with Crippen LogP contribution in [0.25, 0.3) is 0 Å². The number of amides is 1. The molecule has 1 rings (SSSR count). The minimum absolute atomic E-state index is 0.248. The lowest BCUT2D eigenvalue weighted by Gasteiger charge is -2.27. The molecule has 0 aromatic heterocycles. The van der Waals surface area contributed by atoms with Crippen molar-refractivity contribution in [2.45, 2.75) is 26.4 Å². The first-order valence-electron chi connectivity index (χ1n) is 5.89. The van der Waals surface area contributed by atoms with Gasteiger partial charge in [-0.3, -0.25) is 4.79 Å². The summed E-state index contributed by atoms with van der Waals surface area (Å²) in [4.78, 5) is 24.9. The first-order chi connectivity index (χ1) is 8.33. The van der Waals surface area contributed by atoms with Crippen molar-refractivity contribution >= 4 is 11.9 Å². The third-order valence-corrected chi connectivity index (χ3v) is 2.43. The summed E-state index contributed by atoms with van der Waals surface area (Å²) in [6.45, 7) is 6.67. The SMILES string of the molecule is C#CC(=O)C1COCCN(C(=O)OC(C)(C)C)C1. The van der Waals surface area contributed by atoms with E-state index in [0.717, 1.165) is 0 Å². The number of carbonyl (C=O) groups is 2. The standard InChI is InChI=1S/C13H19NO4/c1-5-11(15)10-8-14(6-7-17-9-10)12(16)18-13(2,3)4/h1,10H,6-9H2,2-4H3. The second-order valence-corrected chi connectivity index (χ2v) is 5.21. The predicted molar refractivity (Wildman–Crippen MR) is 66.0 cm³/mol. The number of ether oxygens (including phenoxy) is 2. The average Bonchev–Trinajstić information content (AvgIpc) is 2.51. The minimum Gasteiger partial charge on any atom is -0.444 e. The molecule has 0 aliphatic carbocycles. The van der Waals surface area contributed by atoms with E-state index in [1.807, 2.05) is 0 Å².